The molecule has 1 fully saturated rings. The van der Waals surface area contributed by atoms with Gasteiger partial charge in [0.05, 0.1) is 0 Å². The predicted octanol–water partition coefficient (Wildman–Crippen LogP) is 3.13. The molecule has 0 amide bonds. The summed E-state index contributed by atoms with van der Waals surface area (Å²) in [6.07, 6.45) is 6.30. The van der Waals surface area contributed by atoms with Gasteiger partial charge in [0, 0.05) is 12.1 Å². The summed E-state index contributed by atoms with van der Waals surface area (Å²) < 4.78 is 5.24. The highest BCUT2D eigenvalue weighted by molar-refractivity contribution is 5.55. The molecule has 5 nitrogen and oxygen atoms in total. The fourth-order valence-electron chi connectivity index (χ4n) is 2.73. The van der Waals surface area contributed by atoms with E-state index in [2.05, 4.69) is 22.0 Å². The zero-order valence-electron chi connectivity index (χ0n) is 10.9. The van der Waals surface area contributed by atoms with Gasteiger partial charge in [0.2, 0.25) is 0 Å². The lowest BCUT2D eigenvalue weighted by Gasteiger charge is -2.23. The van der Waals surface area contributed by atoms with Crippen molar-refractivity contribution in [2.45, 2.75) is 38.5 Å². The van der Waals surface area contributed by atoms with E-state index in [0.29, 0.717) is 23.4 Å². The molecular weight excluding hydrogens is 242 g/mol. The first-order valence-corrected chi connectivity index (χ1v) is 6.72. The summed E-state index contributed by atoms with van der Waals surface area (Å²) in [5.74, 6) is 2.18. The van der Waals surface area contributed by atoms with Crippen LogP contribution in [0.25, 0.3) is 11.6 Å². The van der Waals surface area contributed by atoms with Gasteiger partial charge in [-0.15, -0.1) is 0 Å². The Labute approximate surface area is 111 Å². The molecular formula is C14H17N3O2. The fourth-order valence-corrected chi connectivity index (χ4v) is 2.73. The minimum Gasteiger partial charge on any atom is -0.505 e. The Morgan fingerprint density at radius 3 is 3.05 bits per heavy atom. The standard InChI is InChI=1S/C14H17N3O2/c1-9-4-2-5-10(8-9)13-16-14(19-17-13)12-11(18)6-3-7-15-12/h3,6-7,9-10,18H,2,4-5,8H2,1H3. The van der Waals surface area contributed by atoms with Gasteiger partial charge in [-0.05, 0) is 30.9 Å². The first kappa shape index (κ1) is 12.1. The van der Waals surface area contributed by atoms with Gasteiger partial charge in [-0.3, -0.25) is 0 Å². The molecule has 3 rings (SSSR count). The van der Waals surface area contributed by atoms with Crippen LogP contribution in [-0.2, 0) is 0 Å². The molecule has 1 saturated carbocycles. The monoisotopic (exact) mass is 259 g/mol. The molecule has 0 aromatic carbocycles. The van der Waals surface area contributed by atoms with Gasteiger partial charge >= 0.3 is 0 Å². The average Bonchev–Trinajstić information content (AvgIpc) is 2.89. The Morgan fingerprint density at radius 1 is 1.37 bits per heavy atom. The van der Waals surface area contributed by atoms with Crippen molar-refractivity contribution in [2.75, 3.05) is 0 Å². The third-order valence-electron chi connectivity index (χ3n) is 3.73. The topological polar surface area (TPSA) is 72.0 Å². The Bertz CT molecular complexity index is 567. The van der Waals surface area contributed by atoms with Gasteiger partial charge in [0.1, 0.15) is 5.75 Å². The van der Waals surface area contributed by atoms with E-state index in [4.69, 9.17) is 4.52 Å². The van der Waals surface area contributed by atoms with E-state index in [1.54, 1.807) is 18.3 Å². The molecule has 0 radical (unpaired) electrons. The highest BCUT2D eigenvalue weighted by Gasteiger charge is 2.25. The van der Waals surface area contributed by atoms with Crippen molar-refractivity contribution in [1.82, 2.24) is 15.1 Å². The first-order valence-electron chi connectivity index (χ1n) is 6.72. The van der Waals surface area contributed by atoms with Crippen LogP contribution in [0.3, 0.4) is 0 Å². The van der Waals surface area contributed by atoms with E-state index in [1.807, 2.05) is 0 Å². The van der Waals surface area contributed by atoms with Crippen LogP contribution < -0.4 is 0 Å². The van der Waals surface area contributed by atoms with E-state index in [1.165, 1.54) is 12.8 Å². The molecule has 1 aliphatic rings. The van der Waals surface area contributed by atoms with Crippen molar-refractivity contribution in [3.05, 3.63) is 24.2 Å². The number of aromatic hydroxyl groups is 1. The Hall–Kier alpha value is -1.91. The summed E-state index contributed by atoms with van der Waals surface area (Å²) in [5.41, 5.74) is 0.352. The highest BCUT2D eigenvalue weighted by Crippen LogP contribution is 2.35. The maximum Gasteiger partial charge on any atom is 0.280 e. The van der Waals surface area contributed by atoms with Gasteiger partial charge in [0.25, 0.3) is 5.89 Å². The highest BCUT2D eigenvalue weighted by atomic mass is 16.5. The lowest BCUT2D eigenvalue weighted by Crippen LogP contribution is -2.12. The molecule has 0 bridgehead atoms. The molecule has 2 unspecified atom stereocenters. The fraction of sp³-hybridized carbons (Fsp3) is 0.500. The Morgan fingerprint density at radius 2 is 2.26 bits per heavy atom. The summed E-state index contributed by atoms with van der Waals surface area (Å²) in [6.45, 7) is 2.26. The van der Waals surface area contributed by atoms with E-state index in [0.717, 1.165) is 18.7 Å². The summed E-state index contributed by atoms with van der Waals surface area (Å²) >= 11 is 0. The second-order valence-electron chi connectivity index (χ2n) is 5.30. The summed E-state index contributed by atoms with van der Waals surface area (Å²) in [4.78, 5) is 8.47. The summed E-state index contributed by atoms with van der Waals surface area (Å²) in [6, 6.07) is 3.23. The summed E-state index contributed by atoms with van der Waals surface area (Å²) in [7, 11) is 0. The molecule has 1 N–H and O–H groups in total. The maximum atomic E-state index is 9.74. The van der Waals surface area contributed by atoms with Crippen molar-refractivity contribution in [2.24, 2.45) is 5.92 Å². The summed E-state index contributed by atoms with van der Waals surface area (Å²) in [5, 5.41) is 13.8. The van der Waals surface area contributed by atoms with E-state index in [9.17, 15) is 5.11 Å². The normalized spacial score (nSPS) is 23.4. The molecule has 2 atom stereocenters. The number of hydrogen-bond donors (Lipinski definition) is 1. The van der Waals surface area contributed by atoms with Crippen LogP contribution >= 0.6 is 0 Å². The van der Waals surface area contributed by atoms with Crippen molar-refractivity contribution >= 4 is 0 Å². The first-order chi connectivity index (χ1) is 9.24. The van der Waals surface area contributed by atoms with E-state index in [-0.39, 0.29) is 5.75 Å². The molecule has 100 valence electrons. The van der Waals surface area contributed by atoms with Crippen LogP contribution in [0.15, 0.2) is 22.9 Å². The smallest absolute Gasteiger partial charge is 0.280 e. The minimum absolute atomic E-state index is 0.0645. The van der Waals surface area contributed by atoms with Crippen LogP contribution in [0.2, 0.25) is 0 Å². The average molecular weight is 259 g/mol. The Kier molecular flexibility index (Phi) is 3.19. The second kappa shape index (κ2) is 4.99. The lowest BCUT2D eigenvalue weighted by atomic mass is 9.82. The zero-order valence-corrected chi connectivity index (χ0v) is 10.9. The third kappa shape index (κ3) is 2.45. The number of nitrogens with zero attached hydrogens (tertiary/aromatic N) is 3. The molecule has 1 aliphatic carbocycles. The minimum atomic E-state index is 0.0645. The quantitative estimate of drug-likeness (QED) is 0.897. The van der Waals surface area contributed by atoms with Crippen LogP contribution in [-0.4, -0.2) is 20.2 Å². The maximum absolute atomic E-state index is 9.74. The molecule has 2 aromatic heterocycles. The molecule has 0 saturated heterocycles. The SMILES string of the molecule is CC1CCCC(c2noc(-c3ncccc3O)n2)C1. The van der Waals surface area contributed by atoms with Crippen molar-refractivity contribution in [1.29, 1.82) is 0 Å². The van der Waals surface area contributed by atoms with Gasteiger partial charge in [-0.25, -0.2) is 4.98 Å². The van der Waals surface area contributed by atoms with Crippen molar-refractivity contribution < 1.29 is 9.63 Å². The lowest BCUT2D eigenvalue weighted by molar-refractivity contribution is 0.324. The van der Waals surface area contributed by atoms with E-state index < -0.39 is 0 Å². The molecule has 2 aromatic rings. The predicted molar refractivity (Wildman–Crippen MR) is 69.6 cm³/mol. The van der Waals surface area contributed by atoms with Crippen molar-refractivity contribution in [3.8, 4) is 17.3 Å². The third-order valence-corrected chi connectivity index (χ3v) is 3.73. The molecule has 0 spiro atoms. The van der Waals surface area contributed by atoms with Gasteiger partial charge in [-0.2, -0.15) is 4.98 Å². The molecule has 5 heteroatoms. The number of hydrogen-bond acceptors (Lipinski definition) is 5. The van der Waals surface area contributed by atoms with Crippen molar-refractivity contribution in [3.63, 3.8) is 0 Å². The molecule has 19 heavy (non-hydrogen) atoms. The number of pyridine rings is 1. The number of aromatic nitrogens is 3. The van der Waals surface area contributed by atoms with E-state index >= 15 is 0 Å². The van der Waals surface area contributed by atoms with Crippen LogP contribution in [0, 0.1) is 5.92 Å². The van der Waals surface area contributed by atoms with Crippen LogP contribution in [0.1, 0.15) is 44.3 Å². The zero-order chi connectivity index (χ0) is 13.2. The van der Waals surface area contributed by atoms with Crippen LogP contribution in [0.4, 0.5) is 0 Å². The number of rotatable bonds is 2. The van der Waals surface area contributed by atoms with Gasteiger partial charge < -0.3 is 9.63 Å². The van der Waals surface area contributed by atoms with Gasteiger partial charge in [-0.1, -0.05) is 24.9 Å². The molecule has 2 heterocycles. The largest absolute Gasteiger partial charge is 0.505 e. The van der Waals surface area contributed by atoms with Crippen LogP contribution in [0.5, 0.6) is 5.75 Å². The van der Waals surface area contributed by atoms with Gasteiger partial charge in [0.15, 0.2) is 11.5 Å². The Balaban J connectivity index is 1.85. The molecule has 0 aliphatic heterocycles. The second-order valence-corrected chi connectivity index (χ2v) is 5.30.